The van der Waals surface area contributed by atoms with Crippen LogP contribution in [0, 0.1) is 0 Å². The molecule has 6 atom stereocenters. The zero-order valence-corrected chi connectivity index (χ0v) is 23.1. The lowest BCUT2D eigenvalue weighted by atomic mass is 10.0. The number of hydrogen-bond donors (Lipinski definition) is 8. The summed E-state index contributed by atoms with van der Waals surface area (Å²) in [5.41, 5.74) is 0. The molecule has 2 rings (SSSR count). The van der Waals surface area contributed by atoms with E-state index in [2.05, 4.69) is 34.4 Å². The molecular weight excluding hydrogens is 528 g/mol. The monoisotopic (exact) mass is 570 g/mol. The molecule has 0 aliphatic carbocycles. The molecule has 0 amide bonds. The van der Waals surface area contributed by atoms with Crippen LogP contribution >= 0.6 is 0 Å². The third kappa shape index (κ3) is 16.5. The van der Waals surface area contributed by atoms with Crippen molar-refractivity contribution in [3.63, 3.8) is 0 Å². The standard InChI is InChI=1S/2C10H16N2O.C6H10O8/c2*1-9(11-2)5-7-13-10-4-3-6-12-8-10;7-1(3(9)5(11)12)2(8)4(10)6(13)14/h2*3-4,6,8-9,11H,5,7H2,1-2H3;1-4,7-10H,(H,11,12)(H,13,14)/t;;1-,2+,3+,4-. The second-order valence-corrected chi connectivity index (χ2v) is 8.58. The predicted octanol–water partition coefficient (Wildman–Crippen LogP) is -0.484. The molecule has 0 aliphatic rings. The molecule has 2 heterocycles. The van der Waals surface area contributed by atoms with Gasteiger partial charge in [-0.25, -0.2) is 9.59 Å². The van der Waals surface area contributed by atoms with Gasteiger partial charge in [-0.2, -0.15) is 0 Å². The van der Waals surface area contributed by atoms with E-state index >= 15 is 0 Å². The van der Waals surface area contributed by atoms with E-state index in [0.717, 1.165) is 37.6 Å². The van der Waals surface area contributed by atoms with Crippen molar-refractivity contribution in [3.05, 3.63) is 49.1 Å². The molecule has 0 bridgehead atoms. The van der Waals surface area contributed by atoms with Crippen molar-refractivity contribution in [2.24, 2.45) is 0 Å². The number of aromatic nitrogens is 2. The van der Waals surface area contributed by atoms with Crippen molar-refractivity contribution in [2.45, 2.75) is 63.2 Å². The lowest BCUT2D eigenvalue weighted by Gasteiger charge is -2.21. The van der Waals surface area contributed by atoms with Crippen LogP contribution in [0.2, 0.25) is 0 Å². The smallest absolute Gasteiger partial charge is 0.335 e. The van der Waals surface area contributed by atoms with E-state index in [1.807, 2.05) is 38.4 Å². The quantitative estimate of drug-likeness (QED) is 0.135. The molecule has 0 saturated carbocycles. The highest BCUT2D eigenvalue weighted by atomic mass is 16.5. The summed E-state index contributed by atoms with van der Waals surface area (Å²) < 4.78 is 11.0. The van der Waals surface area contributed by atoms with Gasteiger partial charge in [0.1, 0.15) is 23.7 Å². The Morgan fingerprint density at radius 2 is 1.10 bits per heavy atom. The number of rotatable bonds is 15. The molecule has 0 aromatic carbocycles. The highest BCUT2D eigenvalue weighted by Gasteiger charge is 2.37. The maximum atomic E-state index is 10.1. The largest absolute Gasteiger partial charge is 0.492 e. The van der Waals surface area contributed by atoms with Crippen molar-refractivity contribution in [3.8, 4) is 11.5 Å². The van der Waals surface area contributed by atoms with Crippen molar-refractivity contribution in [2.75, 3.05) is 27.3 Å². The number of pyridine rings is 2. The molecule has 8 N–H and O–H groups in total. The molecule has 14 nitrogen and oxygen atoms in total. The number of hydrogen-bond acceptors (Lipinski definition) is 12. The average molecular weight is 571 g/mol. The number of carboxylic acids is 2. The first-order valence-electron chi connectivity index (χ1n) is 12.5. The van der Waals surface area contributed by atoms with Gasteiger partial charge in [0.2, 0.25) is 0 Å². The first-order valence-corrected chi connectivity index (χ1v) is 12.5. The number of aliphatic carboxylic acids is 2. The van der Waals surface area contributed by atoms with Crippen molar-refractivity contribution in [1.29, 1.82) is 0 Å². The zero-order valence-electron chi connectivity index (χ0n) is 23.1. The van der Waals surface area contributed by atoms with Crippen LogP contribution in [0.4, 0.5) is 0 Å². The van der Waals surface area contributed by atoms with E-state index in [1.165, 1.54) is 0 Å². The van der Waals surface area contributed by atoms with Crippen LogP contribution in [0.25, 0.3) is 0 Å². The molecule has 2 aromatic rings. The Hall–Kier alpha value is -3.40. The maximum absolute atomic E-state index is 10.1. The molecule has 0 aliphatic heterocycles. The molecule has 0 radical (unpaired) electrons. The third-order valence-corrected chi connectivity index (χ3v) is 5.40. The van der Waals surface area contributed by atoms with Crippen LogP contribution in [0.1, 0.15) is 26.7 Å². The highest BCUT2D eigenvalue weighted by molar-refractivity contribution is 5.75. The lowest BCUT2D eigenvalue weighted by molar-refractivity contribution is -0.172. The highest BCUT2D eigenvalue weighted by Crippen LogP contribution is 2.08. The second-order valence-electron chi connectivity index (χ2n) is 8.58. The number of aliphatic hydroxyl groups is 4. The summed E-state index contributed by atoms with van der Waals surface area (Å²) in [6.07, 6.45) is -0.341. The molecular formula is C26H42N4O10. The van der Waals surface area contributed by atoms with Gasteiger partial charge >= 0.3 is 11.9 Å². The minimum atomic E-state index is -2.36. The Morgan fingerprint density at radius 3 is 1.35 bits per heavy atom. The van der Waals surface area contributed by atoms with Gasteiger partial charge in [-0.3, -0.25) is 9.97 Å². The van der Waals surface area contributed by atoms with Gasteiger partial charge in [0.25, 0.3) is 0 Å². The molecule has 2 aromatic heterocycles. The van der Waals surface area contributed by atoms with Gasteiger partial charge in [0, 0.05) is 24.5 Å². The Labute approximate surface area is 233 Å². The van der Waals surface area contributed by atoms with Crippen molar-refractivity contribution in [1.82, 2.24) is 20.6 Å². The number of carboxylic acid groups (broad SMARTS) is 2. The van der Waals surface area contributed by atoms with Crippen LogP contribution in [0.3, 0.4) is 0 Å². The summed E-state index contributed by atoms with van der Waals surface area (Å²) in [7, 11) is 3.91. The topological polar surface area (TPSA) is 224 Å². The Kier molecular flexibility index (Phi) is 19.6. The minimum Gasteiger partial charge on any atom is -0.492 e. The number of nitrogens with zero attached hydrogens (tertiary/aromatic N) is 2. The van der Waals surface area contributed by atoms with Gasteiger partial charge in [-0.05, 0) is 65.0 Å². The van der Waals surface area contributed by atoms with E-state index in [0.29, 0.717) is 12.1 Å². The van der Waals surface area contributed by atoms with Crippen LogP contribution in [-0.2, 0) is 9.59 Å². The second kappa shape index (κ2) is 21.4. The first kappa shape index (κ1) is 36.6. The zero-order chi connectivity index (χ0) is 30.5. The van der Waals surface area contributed by atoms with E-state index in [4.69, 9.17) is 40.1 Å². The Balaban J connectivity index is 0.000000571. The molecule has 0 fully saturated rings. The SMILES string of the molecule is CNC(C)CCOc1cccnc1.CNC(C)CCOc1cccnc1.O=C(O)[C@@H](O)[C@H](O)[C@H](O)[C@@H](O)C(=O)O. The maximum Gasteiger partial charge on any atom is 0.335 e. The molecule has 0 spiro atoms. The van der Waals surface area contributed by atoms with E-state index in [-0.39, 0.29) is 0 Å². The van der Waals surface area contributed by atoms with E-state index in [9.17, 15) is 9.59 Å². The van der Waals surface area contributed by atoms with Gasteiger partial charge in [-0.15, -0.1) is 0 Å². The Bertz CT molecular complexity index is 851. The van der Waals surface area contributed by atoms with Crippen LogP contribution < -0.4 is 20.1 Å². The molecule has 0 saturated heterocycles. The lowest BCUT2D eigenvalue weighted by Crippen LogP contribution is -2.49. The van der Waals surface area contributed by atoms with Crippen LogP contribution in [-0.4, -0.2) is 116 Å². The number of nitrogens with one attached hydrogen (secondary N) is 2. The number of carbonyl (C=O) groups is 2. The summed E-state index contributed by atoms with van der Waals surface area (Å²) in [6.45, 7) is 5.72. The summed E-state index contributed by atoms with van der Waals surface area (Å²) in [4.78, 5) is 28.1. The molecule has 226 valence electrons. The predicted molar refractivity (Wildman–Crippen MR) is 145 cm³/mol. The summed E-state index contributed by atoms with van der Waals surface area (Å²) in [6, 6.07) is 8.57. The summed E-state index contributed by atoms with van der Waals surface area (Å²) in [5.74, 6) is -2.00. The fourth-order valence-corrected chi connectivity index (χ4v) is 2.53. The van der Waals surface area contributed by atoms with E-state index in [1.54, 1.807) is 24.8 Å². The fraction of sp³-hybridized carbons (Fsp3) is 0.538. The summed E-state index contributed by atoms with van der Waals surface area (Å²) in [5, 5.41) is 57.8. The van der Waals surface area contributed by atoms with Gasteiger partial charge in [0.15, 0.2) is 12.2 Å². The fourth-order valence-electron chi connectivity index (χ4n) is 2.53. The van der Waals surface area contributed by atoms with Crippen LogP contribution in [0.5, 0.6) is 11.5 Å². The number of ether oxygens (including phenoxy) is 2. The van der Waals surface area contributed by atoms with Gasteiger partial charge in [0.05, 0.1) is 25.6 Å². The third-order valence-electron chi connectivity index (χ3n) is 5.40. The summed E-state index contributed by atoms with van der Waals surface area (Å²) >= 11 is 0. The van der Waals surface area contributed by atoms with E-state index < -0.39 is 36.4 Å². The Morgan fingerprint density at radius 1 is 0.750 bits per heavy atom. The van der Waals surface area contributed by atoms with Crippen molar-refractivity contribution >= 4 is 11.9 Å². The molecule has 14 heteroatoms. The molecule has 40 heavy (non-hydrogen) atoms. The van der Waals surface area contributed by atoms with Gasteiger partial charge < -0.3 is 50.7 Å². The molecule has 2 unspecified atom stereocenters. The normalized spacial score (nSPS) is 14.9. The van der Waals surface area contributed by atoms with Crippen LogP contribution in [0.15, 0.2) is 49.1 Å². The number of aliphatic hydroxyl groups excluding tert-OH is 4. The minimum absolute atomic E-state index is 0.497. The van der Waals surface area contributed by atoms with Gasteiger partial charge in [-0.1, -0.05) is 0 Å². The first-order chi connectivity index (χ1) is 18.9. The average Bonchev–Trinajstić information content (AvgIpc) is 2.97. The van der Waals surface area contributed by atoms with Crippen molar-refractivity contribution < 1.29 is 49.7 Å².